The molecule has 0 aliphatic heterocycles. The number of esters is 2. The van der Waals surface area contributed by atoms with Crippen LogP contribution in [0.25, 0.3) is 0 Å². The van der Waals surface area contributed by atoms with Crippen molar-refractivity contribution >= 4 is 18.0 Å². The van der Waals surface area contributed by atoms with Crippen molar-refractivity contribution in [3.05, 3.63) is 12.2 Å². The molecular formula is C13H22N2O5. The van der Waals surface area contributed by atoms with E-state index in [1.54, 1.807) is 4.90 Å². The number of methoxy groups -OCH3 is 1. The van der Waals surface area contributed by atoms with Crippen LogP contribution in [0.15, 0.2) is 12.2 Å². The second kappa shape index (κ2) is 10.8. The van der Waals surface area contributed by atoms with E-state index in [1.165, 1.54) is 7.11 Å². The quantitative estimate of drug-likeness (QED) is 0.403. The Morgan fingerprint density at radius 3 is 2.25 bits per heavy atom. The normalized spacial score (nSPS) is 10.2. The van der Waals surface area contributed by atoms with Gasteiger partial charge in [-0.1, -0.05) is 0 Å². The molecule has 0 spiro atoms. The van der Waals surface area contributed by atoms with Crippen molar-refractivity contribution in [3.8, 4) is 0 Å². The van der Waals surface area contributed by atoms with E-state index in [0.717, 1.165) is 12.2 Å². The van der Waals surface area contributed by atoms with Crippen molar-refractivity contribution in [1.29, 1.82) is 0 Å². The third-order valence-electron chi connectivity index (χ3n) is 2.45. The van der Waals surface area contributed by atoms with Crippen LogP contribution in [0.4, 0.5) is 4.79 Å². The number of rotatable bonds is 8. The van der Waals surface area contributed by atoms with Gasteiger partial charge in [0.2, 0.25) is 0 Å². The molecule has 7 heteroatoms. The van der Waals surface area contributed by atoms with Crippen LogP contribution in [0.1, 0.15) is 20.3 Å². The van der Waals surface area contributed by atoms with Crippen molar-refractivity contribution < 1.29 is 23.9 Å². The van der Waals surface area contributed by atoms with Crippen molar-refractivity contribution in [2.75, 3.05) is 33.4 Å². The van der Waals surface area contributed by atoms with Crippen LogP contribution in [0.3, 0.4) is 0 Å². The van der Waals surface area contributed by atoms with Crippen LogP contribution in [-0.4, -0.2) is 56.2 Å². The average Bonchev–Trinajstić information content (AvgIpc) is 2.45. The summed E-state index contributed by atoms with van der Waals surface area (Å²) in [5.41, 5.74) is 0. The number of hydrogen-bond acceptors (Lipinski definition) is 5. The number of nitrogens with zero attached hydrogens (tertiary/aromatic N) is 1. The van der Waals surface area contributed by atoms with Crippen LogP contribution in [0, 0.1) is 0 Å². The van der Waals surface area contributed by atoms with Gasteiger partial charge in [0.05, 0.1) is 13.7 Å². The molecule has 0 aromatic rings. The SMILES string of the molecule is CCN(CC)C(=O)NCCCOC(=O)/C=C/C(=O)OC. The predicted molar refractivity (Wildman–Crippen MR) is 73.1 cm³/mol. The molecule has 0 unspecified atom stereocenters. The molecule has 2 amide bonds. The summed E-state index contributed by atoms with van der Waals surface area (Å²) in [4.78, 5) is 35.1. The number of ether oxygens (including phenoxy) is 2. The van der Waals surface area contributed by atoms with Gasteiger partial charge in [-0.2, -0.15) is 0 Å². The fourth-order valence-corrected chi connectivity index (χ4v) is 1.32. The fourth-order valence-electron chi connectivity index (χ4n) is 1.32. The number of nitrogens with one attached hydrogen (secondary N) is 1. The van der Waals surface area contributed by atoms with Crippen LogP contribution in [-0.2, 0) is 19.1 Å². The molecule has 0 rings (SSSR count). The van der Waals surface area contributed by atoms with Crippen molar-refractivity contribution in [3.63, 3.8) is 0 Å². The molecule has 0 radical (unpaired) electrons. The van der Waals surface area contributed by atoms with Crippen molar-refractivity contribution in [1.82, 2.24) is 10.2 Å². The van der Waals surface area contributed by atoms with E-state index >= 15 is 0 Å². The second-order valence-corrected chi connectivity index (χ2v) is 3.78. The van der Waals surface area contributed by atoms with Gasteiger partial charge in [-0.15, -0.1) is 0 Å². The second-order valence-electron chi connectivity index (χ2n) is 3.78. The maximum atomic E-state index is 11.6. The predicted octanol–water partition coefficient (Wildman–Crippen LogP) is 0.700. The molecule has 0 atom stereocenters. The molecule has 0 heterocycles. The number of carbonyl (C=O) groups excluding carboxylic acids is 3. The summed E-state index contributed by atoms with van der Waals surface area (Å²) in [6.07, 6.45) is 2.50. The molecule has 0 saturated heterocycles. The van der Waals surface area contributed by atoms with Gasteiger partial charge in [-0.05, 0) is 20.3 Å². The van der Waals surface area contributed by atoms with Crippen molar-refractivity contribution in [2.45, 2.75) is 20.3 Å². The number of urea groups is 1. The van der Waals surface area contributed by atoms with E-state index in [4.69, 9.17) is 4.74 Å². The van der Waals surface area contributed by atoms with E-state index in [2.05, 4.69) is 10.1 Å². The minimum absolute atomic E-state index is 0.132. The summed E-state index contributed by atoms with van der Waals surface area (Å²) >= 11 is 0. The summed E-state index contributed by atoms with van der Waals surface area (Å²) in [6.45, 7) is 5.69. The first-order valence-corrected chi connectivity index (χ1v) is 6.50. The van der Waals surface area contributed by atoms with Gasteiger partial charge >= 0.3 is 18.0 Å². The minimum Gasteiger partial charge on any atom is -0.466 e. The molecular weight excluding hydrogens is 264 g/mol. The lowest BCUT2D eigenvalue weighted by molar-refractivity contribution is -0.139. The maximum absolute atomic E-state index is 11.6. The van der Waals surface area contributed by atoms with Crippen LogP contribution < -0.4 is 5.32 Å². The molecule has 0 aromatic heterocycles. The van der Waals surface area contributed by atoms with Crippen LogP contribution in [0.5, 0.6) is 0 Å². The molecule has 0 aliphatic rings. The first kappa shape index (κ1) is 17.9. The first-order chi connectivity index (χ1) is 9.54. The topological polar surface area (TPSA) is 84.9 Å². The number of amides is 2. The molecule has 0 bridgehead atoms. The minimum atomic E-state index is -0.620. The molecule has 0 saturated carbocycles. The van der Waals surface area contributed by atoms with Gasteiger partial charge < -0.3 is 19.7 Å². The van der Waals surface area contributed by atoms with Gasteiger partial charge in [-0.25, -0.2) is 14.4 Å². The zero-order chi connectivity index (χ0) is 15.4. The lowest BCUT2D eigenvalue weighted by Crippen LogP contribution is -2.40. The van der Waals surface area contributed by atoms with Gasteiger partial charge in [-0.3, -0.25) is 0 Å². The van der Waals surface area contributed by atoms with E-state index in [0.29, 0.717) is 26.1 Å². The zero-order valence-electron chi connectivity index (χ0n) is 12.2. The van der Waals surface area contributed by atoms with E-state index in [-0.39, 0.29) is 12.6 Å². The summed E-state index contributed by atoms with van der Waals surface area (Å²) in [5, 5.41) is 2.72. The lowest BCUT2D eigenvalue weighted by atomic mass is 10.4. The smallest absolute Gasteiger partial charge is 0.331 e. The Labute approximate surface area is 118 Å². The van der Waals surface area contributed by atoms with Crippen LogP contribution >= 0.6 is 0 Å². The van der Waals surface area contributed by atoms with Gasteiger partial charge in [0.25, 0.3) is 0 Å². The highest BCUT2D eigenvalue weighted by Crippen LogP contribution is 1.90. The Bertz CT molecular complexity index is 351. The third kappa shape index (κ3) is 8.12. The Balaban J connectivity index is 3.72. The van der Waals surface area contributed by atoms with Crippen molar-refractivity contribution in [2.24, 2.45) is 0 Å². The molecule has 114 valence electrons. The monoisotopic (exact) mass is 286 g/mol. The summed E-state index contributed by atoms with van der Waals surface area (Å²) in [7, 11) is 1.22. The molecule has 1 N–H and O–H groups in total. The Morgan fingerprint density at radius 1 is 1.10 bits per heavy atom. The number of hydrogen-bond donors (Lipinski definition) is 1. The average molecular weight is 286 g/mol. The van der Waals surface area contributed by atoms with E-state index in [1.807, 2.05) is 13.8 Å². The highest BCUT2D eigenvalue weighted by Gasteiger charge is 2.07. The van der Waals surface area contributed by atoms with E-state index in [9.17, 15) is 14.4 Å². The Hall–Kier alpha value is -2.05. The highest BCUT2D eigenvalue weighted by atomic mass is 16.5. The van der Waals surface area contributed by atoms with Gasteiger partial charge in [0.1, 0.15) is 0 Å². The maximum Gasteiger partial charge on any atom is 0.331 e. The third-order valence-corrected chi connectivity index (χ3v) is 2.45. The standard InChI is InChI=1S/C13H22N2O5/c1-4-15(5-2)13(18)14-9-6-10-20-12(17)8-7-11(16)19-3/h7-8H,4-6,9-10H2,1-3H3,(H,14,18)/b8-7+. The Morgan fingerprint density at radius 2 is 1.70 bits per heavy atom. The largest absolute Gasteiger partial charge is 0.466 e. The molecule has 0 fully saturated rings. The van der Waals surface area contributed by atoms with Gasteiger partial charge in [0, 0.05) is 31.8 Å². The molecule has 0 aromatic carbocycles. The first-order valence-electron chi connectivity index (χ1n) is 6.50. The van der Waals surface area contributed by atoms with E-state index < -0.39 is 11.9 Å². The zero-order valence-corrected chi connectivity index (χ0v) is 12.2. The molecule has 20 heavy (non-hydrogen) atoms. The molecule has 7 nitrogen and oxygen atoms in total. The lowest BCUT2D eigenvalue weighted by Gasteiger charge is -2.19. The summed E-state index contributed by atoms with van der Waals surface area (Å²) < 4.78 is 9.16. The molecule has 0 aliphatic carbocycles. The summed E-state index contributed by atoms with van der Waals surface area (Å²) in [6, 6.07) is -0.132. The number of carbonyl (C=O) groups is 3. The Kier molecular flexibility index (Phi) is 9.72. The highest BCUT2D eigenvalue weighted by molar-refractivity contribution is 5.91. The summed E-state index contributed by atoms with van der Waals surface area (Å²) in [5.74, 6) is -1.24. The van der Waals surface area contributed by atoms with Gasteiger partial charge in [0.15, 0.2) is 0 Å². The van der Waals surface area contributed by atoms with Crippen LogP contribution in [0.2, 0.25) is 0 Å². The fraction of sp³-hybridized carbons (Fsp3) is 0.615.